The summed E-state index contributed by atoms with van der Waals surface area (Å²) < 4.78 is 6.52. The summed E-state index contributed by atoms with van der Waals surface area (Å²) in [4.78, 5) is 16.5. The van der Waals surface area contributed by atoms with Gasteiger partial charge in [0.2, 0.25) is 0 Å². The summed E-state index contributed by atoms with van der Waals surface area (Å²) in [7, 11) is -0.199. The van der Waals surface area contributed by atoms with E-state index in [0.29, 0.717) is 5.75 Å². The molecule has 0 aliphatic carbocycles. The predicted molar refractivity (Wildman–Crippen MR) is 129 cm³/mol. The van der Waals surface area contributed by atoms with E-state index in [4.69, 9.17) is 4.74 Å². The average molecular weight is 517 g/mol. The molecule has 3 rings (SSSR count). The molecule has 0 amide bonds. The van der Waals surface area contributed by atoms with E-state index in [-0.39, 0.29) is 16.9 Å². The molecule has 150 valence electrons. The zero-order chi connectivity index (χ0) is 20.7. The molecule has 0 unspecified atom stereocenters. The third kappa shape index (κ3) is 5.04. The van der Waals surface area contributed by atoms with E-state index in [1.54, 1.807) is 0 Å². The van der Waals surface area contributed by atoms with Crippen molar-refractivity contribution in [2.45, 2.75) is 41.4 Å². The van der Waals surface area contributed by atoms with Gasteiger partial charge in [-0.05, 0) is 61.4 Å². The Morgan fingerprint density at radius 3 is 1.66 bits per heavy atom. The summed E-state index contributed by atoms with van der Waals surface area (Å²) >= 11 is 2.29. The van der Waals surface area contributed by atoms with Crippen LogP contribution in [0.1, 0.15) is 26.7 Å². The summed E-state index contributed by atoms with van der Waals surface area (Å²) in [5.74, 6) is 0.481. The molecule has 0 radical (unpaired) electrons. The van der Waals surface area contributed by atoms with Crippen molar-refractivity contribution in [1.29, 1.82) is 0 Å². The zero-order valence-electron chi connectivity index (χ0n) is 16.8. The Bertz CT molecular complexity index is 859. The van der Waals surface area contributed by atoms with Gasteiger partial charge in [0.25, 0.3) is 0 Å². The molecule has 0 saturated heterocycles. The van der Waals surface area contributed by atoms with E-state index in [1.165, 1.54) is 14.7 Å². The minimum absolute atomic E-state index is 0.130. The van der Waals surface area contributed by atoms with Gasteiger partial charge >= 0.3 is 5.97 Å². The summed E-state index contributed by atoms with van der Waals surface area (Å²) in [5.41, 5.74) is -0.405. The van der Waals surface area contributed by atoms with Crippen molar-refractivity contribution in [1.82, 2.24) is 0 Å². The van der Waals surface area contributed by atoms with Crippen molar-refractivity contribution >= 4 is 39.5 Å². The maximum absolute atomic E-state index is 12.8. The summed E-state index contributed by atoms with van der Waals surface area (Å²) in [6, 6.07) is 29.1. The molecule has 0 atom stereocenters. The molecule has 29 heavy (non-hydrogen) atoms. The Hall–Kier alpha value is -1.79. The first kappa shape index (κ1) is 21.9. The van der Waals surface area contributed by atoms with Crippen LogP contribution in [-0.4, -0.2) is 10.4 Å². The molecule has 3 aromatic carbocycles. The van der Waals surface area contributed by atoms with Crippen LogP contribution in [0.5, 0.6) is 5.75 Å². The fourth-order valence-corrected chi connectivity index (χ4v) is 6.64. The minimum atomic E-state index is -0.405. The number of esters is 1. The van der Waals surface area contributed by atoms with Gasteiger partial charge in [0.1, 0.15) is 5.75 Å². The van der Waals surface area contributed by atoms with E-state index < -0.39 is 5.41 Å². The van der Waals surface area contributed by atoms with E-state index in [9.17, 15) is 4.79 Å². The van der Waals surface area contributed by atoms with Crippen LogP contribution < -0.4 is 4.74 Å². The third-order valence-corrected chi connectivity index (χ3v) is 8.96. The molecule has 0 bridgehead atoms. The fourth-order valence-electron chi connectivity index (χ4n) is 3.16. The molecule has 0 spiro atoms. The van der Waals surface area contributed by atoms with Crippen LogP contribution >= 0.6 is 22.6 Å². The number of hydrogen-bond acceptors (Lipinski definition) is 2. The Morgan fingerprint density at radius 2 is 1.24 bits per heavy atom. The van der Waals surface area contributed by atoms with Crippen molar-refractivity contribution in [2.75, 3.05) is 4.43 Å². The molecule has 0 fully saturated rings. The highest BCUT2D eigenvalue weighted by atomic mass is 127. The van der Waals surface area contributed by atoms with Gasteiger partial charge in [-0.3, -0.25) is 4.79 Å². The lowest BCUT2D eigenvalue weighted by Crippen LogP contribution is -2.35. The monoisotopic (exact) mass is 517 g/mol. The number of ether oxygens (including phenoxy) is 1. The van der Waals surface area contributed by atoms with Crippen LogP contribution in [-0.2, 0) is 15.7 Å². The van der Waals surface area contributed by atoms with Crippen LogP contribution in [0.3, 0.4) is 0 Å². The Labute approximate surface area is 190 Å². The predicted octanol–water partition coefficient (Wildman–Crippen LogP) is 6.93. The molecule has 2 nitrogen and oxygen atoms in total. The standard InChI is InChI=1S/C25H26IO2S/c1-3-25(4-2,19-26)24(27)28-20-15-17-23(18-16-20)29(21-11-7-5-8-12-21)22-13-9-6-10-14-22/h5-18H,3-4,19H2,1-2H3/q+1. The number of alkyl halides is 1. The number of halogens is 1. The van der Waals surface area contributed by atoms with Gasteiger partial charge in [0.05, 0.1) is 16.3 Å². The Kier molecular flexibility index (Phi) is 7.78. The normalized spacial score (nSPS) is 11.4. The third-order valence-electron chi connectivity index (χ3n) is 5.27. The molecule has 0 saturated carbocycles. The Balaban J connectivity index is 1.88. The average Bonchev–Trinajstić information content (AvgIpc) is 2.78. The minimum Gasteiger partial charge on any atom is -0.426 e. The van der Waals surface area contributed by atoms with Crippen LogP contribution in [0.15, 0.2) is 99.6 Å². The first-order valence-corrected chi connectivity index (χ1v) is 12.6. The quantitative estimate of drug-likeness (QED) is 0.107. The lowest BCUT2D eigenvalue weighted by Gasteiger charge is -2.26. The zero-order valence-corrected chi connectivity index (χ0v) is 19.8. The molecule has 0 N–H and O–H groups in total. The number of benzene rings is 3. The van der Waals surface area contributed by atoms with Crippen molar-refractivity contribution in [2.24, 2.45) is 5.41 Å². The fraction of sp³-hybridized carbons (Fsp3) is 0.240. The van der Waals surface area contributed by atoms with Gasteiger partial charge in [0.15, 0.2) is 14.7 Å². The first-order valence-electron chi connectivity index (χ1n) is 9.86. The van der Waals surface area contributed by atoms with Crippen molar-refractivity contribution in [3.8, 4) is 5.75 Å². The highest BCUT2D eigenvalue weighted by Gasteiger charge is 2.36. The maximum Gasteiger partial charge on any atom is 0.318 e. The second-order valence-electron chi connectivity index (χ2n) is 6.91. The van der Waals surface area contributed by atoms with Crippen LogP contribution in [0.25, 0.3) is 0 Å². The number of carbonyl (C=O) groups is 1. The molecule has 0 heterocycles. The van der Waals surface area contributed by atoms with E-state index in [0.717, 1.165) is 17.3 Å². The molecule has 0 aromatic heterocycles. The van der Waals surface area contributed by atoms with Crippen LogP contribution in [0.4, 0.5) is 0 Å². The molecule has 0 aliphatic rings. The van der Waals surface area contributed by atoms with E-state index >= 15 is 0 Å². The molecular weight excluding hydrogens is 491 g/mol. The smallest absolute Gasteiger partial charge is 0.318 e. The van der Waals surface area contributed by atoms with Gasteiger partial charge in [-0.25, -0.2) is 0 Å². The van der Waals surface area contributed by atoms with Gasteiger partial charge in [-0.2, -0.15) is 0 Å². The highest BCUT2D eigenvalue weighted by molar-refractivity contribution is 14.1. The molecule has 0 aliphatic heterocycles. The Morgan fingerprint density at radius 1 is 0.793 bits per heavy atom. The second kappa shape index (κ2) is 10.3. The van der Waals surface area contributed by atoms with Crippen LogP contribution in [0.2, 0.25) is 0 Å². The van der Waals surface area contributed by atoms with Crippen molar-refractivity contribution in [3.63, 3.8) is 0 Å². The number of rotatable bonds is 8. The van der Waals surface area contributed by atoms with Gasteiger partial charge in [-0.15, -0.1) is 0 Å². The van der Waals surface area contributed by atoms with Gasteiger partial charge in [-0.1, -0.05) is 72.8 Å². The molecule has 3 aromatic rings. The summed E-state index contributed by atoms with van der Waals surface area (Å²) in [6.45, 7) is 4.11. The number of carbonyl (C=O) groups excluding carboxylic acids is 1. The van der Waals surface area contributed by atoms with Crippen LogP contribution in [0, 0.1) is 5.41 Å². The topological polar surface area (TPSA) is 26.3 Å². The molecule has 4 heteroatoms. The van der Waals surface area contributed by atoms with E-state index in [1.807, 2.05) is 24.3 Å². The lowest BCUT2D eigenvalue weighted by atomic mass is 9.85. The molecular formula is C25H26IO2S+. The summed E-state index contributed by atoms with van der Waals surface area (Å²) in [6.07, 6.45) is 1.57. The van der Waals surface area contributed by atoms with Gasteiger partial charge < -0.3 is 4.74 Å². The van der Waals surface area contributed by atoms with E-state index in [2.05, 4.69) is 97.1 Å². The summed E-state index contributed by atoms with van der Waals surface area (Å²) in [5, 5.41) is 0. The number of hydrogen-bond donors (Lipinski definition) is 0. The SMILES string of the molecule is CCC(CC)(CI)C(=O)Oc1ccc([S+](c2ccccc2)c2ccccc2)cc1. The first-order chi connectivity index (χ1) is 14.1. The lowest BCUT2D eigenvalue weighted by molar-refractivity contribution is -0.144. The highest BCUT2D eigenvalue weighted by Crippen LogP contribution is 2.34. The second-order valence-corrected chi connectivity index (χ2v) is 9.70. The van der Waals surface area contributed by atoms with Gasteiger partial charge in [0, 0.05) is 4.43 Å². The van der Waals surface area contributed by atoms with Crippen molar-refractivity contribution in [3.05, 3.63) is 84.9 Å². The largest absolute Gasteiger partial charge is 0.426 e. The maximum atomic E-state index is 12.8. The van der Waals surface area contributed by atoms with Crippen molar-refractivity contribution < 1.29 is 9.53 Å².